The average molecular weight is 804 g/mol. The number of hydrogen-bond acceptors (Lipinski definition) is 9. The van der Waals surface area contributed by atoms with Crippen LogP contribution in [0.5, 0.6) is 5.75 Å². The minimum absolute atomic E-state index is 0.00376. The summed E-state index contributed by atoms with van der Waals surface area (Å²) in [6.45, 7) is 4.57. The molecule has 1 aliphatic carbocycles. The van der Waals surface area contributed by atoms with Crippen molar-refractivity contribution in [1.29, 1.82) is 0 Å². The van der Waals surface area contributed by atoms with E-state index in [4.69, 9.17) is 21.3 Å². The number of carbonyl (C=O) groups excluding carboxylic acids is 2. The second-order valence-electron chi connectivity index (χ2n) is 13.9. The van der Waals surface area contributed by atoms with Crippen LogP contribution in [0.15, 0.2) is 65.7 Å². The topological polar surface area (TPSA) is 140 Å². The fraction of sp³-hybridized carbons (Fsp3) is 0.375. The Morgan fingerprint density at radius 2 is 1.77 bits per heavy atom. The van der Waals surface area contributed by atoms with E-state index in [0.29, 0.717) is 35.1 Å². The summed E-state index contributed by atoms with van der Waals surface area (Å²) >= 11 is 6.17. The first kappa shape index (κ1) is 39.5. The third kappa shape index (κ3) is 8.50. The highest BCUT2D eigenvalue weighted by Crippen LogP contribution is 2.34. The van der Waals surface area contributed by atoms with E-state index >= 15 is 0 Å². The van der Waals surface area contributed by atoms with Crippen LogP contribution in [-0.4, -0.2) is 72.0 Å². The Kier molecular flexibility index (Phi) is 11.6. The van der Waals surface area contributed by atoms with Crippen molar-refractivity contribution >= 4 is 46.1 Å². The number of halogens is 4. The number of ether oxygens (including phenoxy) is 1. The van der Waals surface area contributed by atoms with E-state index in [1.807, 2.05) is 42.2 Å². The summed E-state index contributed by atoms with van der Waals surface area (Å²) in [5.41, 5.74) is 1.98. The minimum Gasteiger partial charge on any atom is -0.485 e. The van der Waals surface area contributed by atoms with Crippen LogP contribution in [0, 0.1) is 6.92 Å². The Morgan fingerprint density at radius 3 is 2.49 bits per heavy atom. The number of benzene rings is 2. The third-order valence-electron chi connectivity index (χ3n) is 10.2. The highest BCUT2D eigenvalue weighted by atomic mass is 35.5. The van der Waals surface area contributed by atoms with E-state index in [9.17, 15) is 27.6 Å². The summed E-state index contributed by atoms with van der Waals surface area (Å²) < 4.78 is 48.8. The van der Waals surface area contributed by atoms with Gasteiger partial charge in [-0.05, 0) is 68.4 Å². The van der Waals surface area contributed by atoms with Crippen molar-refractivity contribution in [2.45, 2.75) is 71.7 Å². The number of fused-ring (bicyclic) bond motifs is 1. The van der Waals surface area contributed by atoms with Gasteiger partial charge in [0.25, 0.3) is 11.5 Å². The van der Waals surface area contributed by atoms with Gasteiger partial charge in [0.15, 0.2) is 17.3 Å². The van der Waals surface area contributed by atoms with Crippen molar-refractivity contribution in [2.24, 2.45) is 0 Å². The lowest BCUT2D eigenvalue weighted by Crippen LogP contribution is -2.51. The largest absolute Gasteiger partial charge is 0.485 e. The Hall–Kier alpha value is -5.77. The Labute approximate surface area is 331 Å². The summed E-state index contributed by atoms with van der Waals surface area (Å²) in [4.78, 5) is 58.9. The molecule has 2 aromatic carbocycles. The molecule has 13 nitrogen and oxygen atoms in total. The van der Waals surface area contributed by atoms with Crippen LogP contribution >= 0.6 is 11.6 Å². The highest BCUT2D eigenvalue weighted by molar-refractivity contribution is 6.33. The number of nitrogens with one attached hydrogen (secondary N) is 1. The van der Waals surface area contributed by atoms with Gasteiger partial charge in [-0.25, -0.2) is 9.97 Å². The van der Waals surface area contributed by atoms with E-state index in [-0.39, 0.29) is 67.4 Å². The lowest BCUT2D eigenvalue weighted by atomic mass is 10.1. The zero-order chi connectivity index (χ0) is 40.3. The van der Waals surface area contributed by atoms with Crippen molar-refractivity contribution in [3.05, 3.63) is 110 Å². The lowest BCUT2D eigenvalue weighted by Gasteiger charge is -2.36. The maximum Gasteiger partial charge on any atom is 0.416 e. The Morgan fingerprint density at radius 1 is 1.00 bits per heavy atom. The molecular weight excluding hydrogens is 763 g/mol. The van der Waals surface area contributed by atoms with E-state index in [1.165, 1.54) is 10.8 Å². The molecule has 0 radical (unpaired) electrons. The molecule has 1 N–H and O–H groups in total. The van der Waals surface area contributed by atoms with Gasteiger partial charge in [0.05, 0.1) is 27.7 Å². The number of aromatic nitrogens is 6. The number of nitrogens with zero attached hydrogens (tertiary/aromatic N) is 8. The van der Waals surface area contributed by atoms with Crippen LogP contribution in [0.2, 0.25) is 5.02 Å². The highest BCUT2D eigenvalue weighted by Gasteiger charge is 2.33. The number of carbonyl (C=O) groups is 2. The van der Waals surface area contributed by atoms with Crippen molar-refractivity contribution in [2.75, 3.05) is 36.4 Å². The number of hydrogen-bond donors (Lipinski definition) is 1. The fourth-order valence-corrected chi connectivity index (χ4v) is 7.44. The van der Waals surface area contributed by atoms with Gasteiger partial charge in [0, 0.05) is 26.2 Å². The first-order chi connectivity index (χ1) is 27.4. The smallest absolute Gasteiger partial charge is 0.416 e. The van der Waals surface area contributed by atoms with Crippen molar-refractivity contribution < 1.29 is 27.5 Å². The molecule has 0 unspecified atom stereocenters. The number of piperazine rings is 1. The van der Waals surface area contributed by atoms with Gasteiger partial charge in [0.1, 0.15) is 25.2 Å². The summed E-state index contributed by atoms with van der Waals surface area (Å²) in [7, 11) is 0. The molecule has 17 heteroatoms. The Balaban J connectivity index is 1.18. The quantitative estimate of drug-likeness (QED) is 0.162. The summed E-state index contributed by atoms with van der Waals surface area (Å²) in [5, 5.41) is 7.02. The van der Waals surface area contributed by atoms with Crippen LogP contribution in [0.3, 0.4) is 0 Å². The summed E-state index contributed by atoms with van der Waals surface area (Å²) in [6, 6.07) is 12.3. The predicted octanol–water partition coefficient (Wildman–Crippen LogP) is 6.75. The summed E-state index contributed by atoms with van der Waals surface area (Å²) in [5.74, 6) is -0.0682. The van der Waals surface area contributed by atoms with E-state index in [1.54, 1.807) is 16.4 Å². The molecule has 1 saturated heterocycles. The molecule has 0 bridgehead atoms. The molecule has 2 aliphatic rings. The molecule has 4 heterocycles. The summed E-state index contributed by atoms with van der Waals surface area (Å²) in [6.07, 6.45) is 3.78. The molecular formula is C40H41ClF3N9O4. The lowest BCUT2D eigenvalue weighted by molar-refractivity contribution is -0.137. The number of anilines is 2. The minimum atomic E-state index is -4.61. The molecule has 1 aliphatic heterocycles. The molecule has 3 aromatic heterocycles. The first-order valence-electron chi connectivity index (χ1n) is 18.8. The van der Waals surface area contributed by atoms with Crippen LogP contribution in [-0.2, 0) is 30.5 Å². The van der Waals surface area contributed by atoms with Gasteiger partial charge < -0.3 is 24.4 Å². The van der Waals surface area contributed by atoms with Crippen molar-refractivity contribution in [3.8, 4) is 5.75 Å². The number of amides is 2. The van der Waals surface area contributed by atoms with E-state index < -0.39 is 23.2 Å². The monoisotopic (exact) mass is 803 g/mol. The standard InChI is InChI=1S/C40H41ClF3N9O4/c1-3-31-34(50-17-19-51(20-18-50)37(55)33-35(25(2)45-24-46-33)57-23-26-11-7-6-8-12-26)38(56)53-39(48-36(49-53)27-13-9-4-5-10-14-27)52(31)22-32(54)47-30-16-15-28(21-29(30)41)40(42,43)44/h6-8,11-13,15-16,21,24H,3-5,9-10,14,17-20,22-23H2,1-2H3,(H,47,54). The second kappa shape index (κ2) is 16.8. The van der Waals surface area contributed by atoms with Crippen LogP contribution in [0.1, 0.15) is 77.9 Å². The SMILES string of the molecule is CCc1c(N2CCN(C(=O)c3ncnc(C)c3OCc3ccccc3)CC2)c(=O)n2nc(C3=CCCCCC3)nc2n1CC(=O)Nc1ccc(C(F)(F)F)cc1Cl. The molecule has 0 atom stereocenters. The number of rotatable bonds is 10. The fourth-order valence-electron chi connectivity index (χ4n) is 7.21. The molecule has 1 fully saturated rings. The van der Waals surface area contributed by atoms with Gasteiger partial charge in [-0.3, -0.25) is 14.4 Å². The molecule has 5 aromatic rings. The molecule has 0 saturated carbocycles. The van der Waals surface area contributed by atoms with E-state index in [2.05, 4.69) is 26.5 Å². The first-order valence-corrected chi connectivity index (χ1v) is 19.2. The molecule has 298 valence electrons. The third-order valence-corrected chi connectivity index (χ3v) is 10.5. The zero-order valence-electron chi connectivity index (χ0n) is 31.5. The van der Waals surface area contributed by atoms with E-state index in [0.717, 1.165) is 61.4 Å². The average Bonchev–Trinajstić information content (AvgIpc) is 3.47. The van der Waals surface area contributed by atoms with Crippen LogP contribution in [0.25, 0.3) is 11.4 Å². The van der Waals surface area contributed by atoms with Gasteiger partial charge in [-0.15, -0.1) is 5.10 Å². The Bertz CT molecular complexity index is 2390. The van der Waals surface area contributed by atoms with Crippen molar-refractivity contribution in [1.82, 2.24) is 34.0 Å². The maximum atomic E-state index is 14.4. The van der Waals surface area contributed by atoms with Crippen molar-refractivity contribution in [3.63, 3.8) is 0 Å². The molecule has 2 amide bonds. The predicted molar refractivity (Wildman–Crippen MR) is 208 cm³/mol. The van der Waals surface area contributed by atoms with Gasteiger partial charge in [-0.1, -0.05) is 61.4 Å². The van der Waals surface area contributed by atoms with Gasteiger partial charge >= 0.3 is 6.18 Å². The maximum absolute atomic E-state index is 14.4. The molecule has 0 spiro atoms. The molecule has 7 rings (SSSR count). The van der Waals surface area contributed by atoms with Crippen LogP contribution < -0.4 is 20.5 Å². The van der Waals surface area contributed by atoms with Gasteiger partial charge in [0.2, 0.25) is 11.7 Å². The zero-order valence-corrected chi connectivity index (χ0v) is 32.2. The molecule has 57 heavy (non-hydrogen) atoms. The normalized spacial score (nSPS) is 15.0. The number of alkyl halides is 3. The number of aryl methyl sites for hydroxylation is 1. The van der Waals surface area contributed by atoms with Gasteiger partial charge in [-0.2, -0.15) is 22.7 Å². The van der Waals surface area contributed by atoms with Crippen LogP contribution in [0.4, 0.5) is 24.5 Å². The number of allylic oxidation sites excluding steroid dienone is 2. The second-order valence-corrected chi connectivity index (χ2v) is 14.4.